The second-order valence-electron chi connectivity index (χ2n) is 7.08. The highest BCUT2D eigenvalue weighted by atomic mass is 19.1. The van der Waals surface area contributed by atoms with Gasteiger partial charge in [-0.2, -0.15) is 0 Å². The van der Waals surface area contributed by atoms with Gasteiger partial charge in [0.1, 0.15) is 5.82 Å². The Kier molecular flexibility index (Phi) is 6.39. The summed E-state index contributed by atoms with van der Waals surface area (Å²) in [6.45, 7) is 4.45. The first-order valence-corrected chi connectivity index (χ1v) is 9.47. The lowest BCUT2D eigenvalue weighted by Gasteiger charge is -2.13. The Morgan fingerprint density at radius 2 is 1.41 bits per heavy atom. The fraction of sp³-hybridized carbons (Fsp3) is 0.167. The van der Waals surface area contributed by atoms with Crippen molar-refractivity contribution in [2.24, 2.45) is 0 Å². The van der Waals surface area contributed by atoms with Crippen molar-refractivity contribution in [3.63, 3.8) is 0 Å². The summed E-state index contributed by atoms with van der Waals surface area (Å²) in [5, 5.41) is 5.72. The molecule has 2 amide bonds. The van der Waals surface area contributed by atoms with Crippen molar-refractivity contribution < 1.29 is 14.0 Å². The number of halogens is 1. The maximum absolute atomic E-state index is 12.9. The van der Waals surface area contributed by atoms with Gasteiger partial charge in [-0.25, -0.2) is 4.39 Å². The summed E-state index contributed by atoms with van der Waals surface area (Å²) >= 11 is 0. The van der Waals surface area contributed by atoms with Gasteiger partial charge in [-0.3, -0.25) is 9.59 Å². The molecule has 0 radical (unpaired) electrons. The van der Waals surface area contributed by atoms with Crippen molar-refractivity contribution in [3.8, 4) is 0 Å². The van der Waals surface area contributed by atoms with E-state index in [1.54, 1.807) is 36.4 Å². The number of carbonyl (C=O) groups is 2. The van der Waals surface area contributed by atoms with Crippen molar-refractivity contribution >= 4 is 17.5 Å². The van der Waals surface area contributed by atoms with Crippen molar-refractivity contribution in [1.82, 2.24) is 5.32 Å². The van der Waals surface area contributed by atoms with Crippen LogP contribution in [-0.4, -0.2) is 11.8 Å². The van der Waals surface area contributed by atoms with Gasteiger partial charge in [0.05, 0.1) is 0 Å². The third-order valence-corrected chi connectivity index (χ3v) is 4.61. The SMILES string of the molecule is CC(C)c1ccccc1NC(=O)c1ccc(C(=O)NCc2ccc(F)cc2)cc1. The largest absolute Gasteiger partial charge is 0.348 e. The fourth-order valence-electron chi connectivity index (χ4n) is 2.97. The van der Waals surface area contributed by atoms with E-state index in [4.69, 9.17) is 0 Å². The van der Waals surface area contributed by atoms with Crippen LogP contribution >= 0.6 is 0 Å². The molecule has 5 heteroatoms. The highest BCUT2D eigenvalue weighted by molar-refractivity contribution is 6.05. The molecule has 0 atom stereocenters. The zero-order valence-corrected chi connectivity index (χ0v) is 16.4. The van der Waals surface area contributed by atoms with Crippen LogP contribution in [0.4, 0.5) is 10.1 Å². The molecule has 3 aromatic rings. The second-order valence-corrected chi connectivity index (χ2v) is 7.08. The van der Waals surface area contributed by atoms with Crippen molar-refractivity contribution in [2.75, 3.05) is 5.32 Å². The van der Waals surface area contributed by atoms with E-state index < -0.39 is 0 Å². The average molecular weight is 390 g/mol. The molecule has 0 aromatic heterocycles. The maximum Gasteiger partial charge on any atom is 0.255 e. The molecular formula is C24H23FN2O2. The fourth-order valence-corrected chi connectivity index (χ4v) is 2.97. The summed E-state index contributed by atoms with van der Waals surface area (Å²) < 4.78 is 12.9. The van der Waals surface area contributed by atoms with Gasteiger partial charge >= 0.3 is 0 Å². The van der Waals surface area contributed by atoms with E-state index in [2.05, 4.69) is 24.5 Å². The topological polar surface area (TPSA) is 58.2 Å². The number of hydrogen-bond acceptors (Lipinski definition) is 2. The molecule has 0 aliphatic heterocycles. The Bertz CT molecular complexity index is 996. The summed E-state index contributed by atoms with van der Waals surface area (Å²) in [5.74, 6) is -0.508. The molecule has 0 unspecified atom stereocenters. The van der Waals surface area contributed by atoms with Crippen LogP contribution in [-0.2, 0) is 6.54 Å². The first-order valence-electron chi connectivity index (χ1n) is 9.47. The number of carbonyl (C=O) groups excluding carboxylic acids is 2. The van der Waals surface area contributed by atoms with Crippen LogP contribution in [0, 0.1) is 5.82 Å². The Morgan fingerprint density at radius 1 is 0.828 bits per heavy atom. The van der Waals surface area contributed by atoms with E-state index in [0.29, 0.717) is 23.6 Å². The number of para-hydroxylation sites is 1. The highest BCUT2D eigenvalue weighted by Crippen LogP contribution is 2.24. The van der Waals surface area contributed by atoms with Crippen LogP contribution < -0.4 is 10.6 Å². The standard InChI is InChI=1S/C24H23FN2O2/c1-16(2)21-5-3-4-6-22(21)27-24(29)19-11-9-18(10-12-19)23(28)26-15-17-7-13-20(25)14-8-17/h3-14,16H,15H2,1-2H3,(H,26,28)(H,27,29). The van der Waals surface area contributed by atoms with Gasteiger partial charge in [-0.15, -0.1) is 0 Å². The zero-order valence-electron chi connectivity index (χ0n) is 16.4. The van der Waals surface area contributed by atoms with Crippen molar-refractivity contribution in [3.05, 3.63) is 101 Å². The third kappa shape index (κ3) is 5.29. The number of amides is 2. The molecule has 2 N–H and O–H groups in total. The smallest absolute Gasteiger partial charge is 0.255 e. The van der Waals surface area contributed by atoms with Crippen LogP contribution in [0.1, 0.15) is 51.6 Å². The zero-order chi connectivity index (χ0) is 20.8. The van der Waals surface area contributed by atoms with Crippen molar-refractivity contribution in [1.29, 1.82) is 0 Å². The predicted octanol–water partition coefficient (Wildman–Crippen LogP) is 5.13. The predicted molar refractivity (Wildman–Crippen MR) is 112 cm³/mol. The monoisotopic (exact) mass is 390 g/mol. The normalized spacial score (nSPS) is 10.6. The number of benzene rings is 3. The van der Waals surface area contributed by atoms with Gasteiger partial charge < -0.3 is 10.6 Å². The Morgan fingerprint density at radius 3 is 2.03 bits per heavy atom. The Labute approximate surface area is 169 Å². The molecule has 0 saturated heterocycles. The molecule has 0 saturated carbocycles. The molecule has 29 heavy (non-hydrogen) atoms. The van der Waals surface area contributed by atoms with Gasteiger partial charge in [-0.05, 0) is 59.5 Å². The molecule has 0 spiro atoms. The van der Waals surface area contributed by atoms with E-state index in [1.165, 1.54) is 12.1 Å². The quantitative estimate of drug-likeness (QED) is 0.613. The summed E-state index contributed by atoms with van der Waals surface area (Å²) in [6, 6.07) is 20.1. The Balaban J connectivity index is 1.62. The number of rotatable bonds is 6. The highest BCUT2D eigenvalue weighted by Gasteiger charge is 2.12. The molecule has 148 valence electrons. The van der Waals surface area contributed by atoms with E-state index in [-0.39, 0.29) is 17.6 Å². The molecule has 4 nitrogen and oxygen atoms in total. The minimum Gasteiger partial charge on any atom is -0.348 e. The summed E-state index contributed by atoms with van der Waals surface area (Å²) in [7, 11) is 0. The molecule has 0 aliphatic carbocycles. The molecular weight excluding hydrogens is 367 g/mol. The Hall–Kier alpha value is -3.47. The lowest BCUT2D eigenvalue weighted by molar-refractivity contribution is 0.0949. The van der Waals surface area contributed by atoms with Crippen LogP contribution in [0.25, 0.3) is 0 Å². The minimum absolute atomic E-state index is 0.226. The van der Waals surface area contributed by atoms with Gasteiger partial charge in [0.15, 0.2) is 0 Å². The second kappa shape index (κ2) is 9.15. The van der Waals surface area contributed by atoms with E-state index >= 15 is 0 Å². The third-order valence-electron chi connectivity index (χ3n) is 4.61. The average Bonchev–Trinajstić information content (AvgIpc) is 2.73. The van der Waals surface area contributed by atoms with Gasteiger partial charge in [0.2, 0.25) is 0 Å². The molecule has 0 aliphatic rings. The van der Waals surface area contributed by atoms with E-state index in [0.717, 1.165) is 16.8 Å². The number of nitrogens with one attached hydrogen (secondary N) is 2. The minimum atomic E-state index is -0.315. The van der Waals surface area contributed by atoms with Crippen molar-refractivity contribution in [2.45, 2.75) is 26.3 Å². The van der Waals surface area contributed by atoms with Gasteiger partial charge in [0, 0.05) is 23.4 Å². The first kappa shape index (κ1) is 20.3. The molecule has 3 aromatic carbocycles. The van der Waals surface area contributed by atoms with Gasteiger partial charge in [0.25, 0.3) is 11.8 Å². The van der Waals surface area contributed by atoms with Crippen LogP contribution in [0.5, 0.6) is 0 Å². The summed E-state index contributed by atoms with van der Waals surface area (Å²) in [4.78, 5) is 24.9. The molecule has 0 fully saturated rings. The van der Waals surface area contributed by atoms with Crippen LogP contribution in [0.3, 0.4) is 0 Å². The molecule has 0 heterocycles. The van der Waals surface area contributed by atoms with Gasteiger partial charge in [-0.1, -0.05) is 44.2 Å². The lowest BCUT2D eigenvalue weighted by Crippen LogP contribution is -2.23. The summed E-state index contributed by atoms with van der Waals surface area (Å²) in [6.07, 6.45) is 0. The number of anilines is 1. The van der Waals surface area contributed by atoms with E-state index in [9.17, 15) is 14.0 Å². The number of hydrogen-bond donors (Lipinski definition) is 2. The summed E-state index contributed by atoms with van der Waals surface area (Å²) in [5.41, 5.74) is 3.58. The lowest BCUT2D eigenvalue weighted by atomic mass is 10.0. The van der Waals surface area contributed by atoms with E-state index in [1.807, 2.05) is 24.3 Å². The molecule has 3 rings (SSSR count). The molecule has 0 bridgehead atoms. The first-order chi connectivity index (χ1) is 13.9. The van der Waals surface area contributed by atoms with Crippen LogP contribution in [0.15, 0.2) is 72.8 Å². The maximum atomic E-state index is 12.9. The van der Waals surface area contributed by atoms with Crippen LogP contribution in [0.2, 0.25) is 0 Å².